The molecule has 0 atom stereocenters. The molecule has 8 heteroatoms. The van der Waals surface area contributed by atoms with Crippen molar-refractivity contribution in [1.82, 2.24) is 5.17 Å². The summed E-state index contributed by atoms with van der Waals surface area (Å²) in [6.07, 6.45) is 2.57. The van der Waals surface area contributed by atoms with Gasteiger partial charge in [0.15, 0.2) is 11.5 Å². The van der Waals surface area contributed by atoms with Crippen molar-refractivity contribution in [3.8, 4) is 17.2 Å². The fraction of sp³-hybridized carbons (Fsp3) is 0.200. The third-order valence-electron chi connectivity index (χ3n) is 2.61. The van der Waals surface area contributed by atoms with Crippen LogP contribution < -0.4 is 20.4 Å². The molecule has 0 radical (unpaired) electrons. The lowest BCUT2D eigenvalue weighted by Gasteiger charge is -2.30. The highest BCUT2D eigenvalue weighted by Gasteiger charge is 2.30. The summed E-state index contributed by atoms with van der Waals surface area (Å²) in [5.41, 5.74) is 6.24. The number of methoxy groups -OCH3 is 2. The van der Waals surface area contributed by atoms with E-state index in [9.17, 15) is 15.5 Å². The van der Waals surface area contributed by atoms with Crippen LogP contribution in [0.2, 0.25) is 0 Å². The van der Waals surface area contributed by atoms with Crippen LogP contribution in [0.1, 0.15) is 5.56 Å². The highest BCUT2D eigenvalue weighted by Crippen LogP contribution is 2.51. The molecule has 0 spiro atoms. The summed E-state index contributed by atoms with van der Waals surface area (Å²) >= 11 is 0. The van der Waals surface area contributed by atoms with E-state index in [0.717, 1.165) is 6.20 Å². The molecule has 8 nitrogen and oxygen atoms in total. The number of hydrazine groups is 1. The Morgan fingerprint density at radius 2 is 1.78 bits per heavy atom. The van der Waals surface area contributed by atoms with Crippen LogP contribution in [0, 0.1) is 0 Å². The summed E-state index contributed by atoms with van der Waals surface area (Å²) in [7, 11) is 2.70. The Balaban J connectivity index is 2.79. The normalized spacial score (nSPS) is 13.6. The molecule has 1 heterocycles. The van der Waals surface area contributed by atoms with Gasteiger partial charge in [-0.25, -0.2) is 0 Å². The molecule has 1 aliphatic heterocycles. The van der Waals surface area contributed by atoms with Gasteiger partial charge in [0.25, 0.3) is 0 Å². The van der Waals surface area contributed by atoms with E-state index in [1.807, 2.05) is 0 Å². The van der Waals surface area contributed by atoms with Crippen molar-refractivity contribution in [2.24, 2.45) is 0 Å². The van der Waals surface area contributed by atoms with Crippen molar-refractivity contribution in [3.63, 3.8) is 0 Å². The summed E-state index contributed by atoms with van der Waals surface area (Å²) in [5, 5.41) is 29.7. The van der Waals surface area contributed by atoms with Gasteiger partial charge >= 0.3 is 0 Å². The van der Waals surface area contributed by atoms with E-state index < -0.39 is 5.75 Å². The minimum absolute atomic E-state index is 0.0310. The monoisotopic (exact) mass is 255 g/mol. The number of benzene rings is 1. The maximum absolute atomic E-state index is 10.0. The van der Waals surface area contributed by atoms with Gasteiger partial charge in [-0.2, -0.15) is 0 Å². The third-order valence-corrected chi connectivity index (χ3v) is 2.61. The molecule has 0 aliphatic carbocycles. The Morgan fingerprint density at radius 3 is 2.33 bits per heavy atom. The molecule has 2 rings (SSSR count). The van der Waals surface area contributed by atoms with Gasteiger partial charge in [-0.05, 0) is 6.08 Å². The van der Waals surface area contributed by atoms with Crippen LogP contribution in [-0.2, 0) is 0 Å². The number of phenolic OH excluding ortho intramolecular Hbond substituents is 1. The molecular weight excluding hydrogens is 242 g/mol. The molecule has 0 saturated heterocycles. The number of aromatic hydroxyl groups is 1. The molecule has 0 unspecified atom stereocenters. The lowest BCUT2D eigenvalue weighted by Crippen LogP contribution is -2.36. The highest BCUT2D eigenvalue weighted by molar-refractivity contribution is 5.89. The predicted molar refractivity (Wildman–Crippen MR) is 62.5 cm³/mol. The van der Waals surface area contributed by atoms with E-state index >= 15 is 0 Å². The third kappa shape index (κ3) is 1.47. The molecule has 98 valence electrons. The van der Waals surface area contributed by atoms with Gasteiger partial charge < -0.3 is 20.3 Å². The van der Waals surface area contributed by atoms with Crippen molar-refractivity contribution in [3.05, 3.63) is 11.8 Å². The number of hydrogen-bond acceptors (Lipinski definition) is 8. The molecule has 0 amide bonds. The van der Waals surface area contributed by atoms with Crippen LogP contribution >= 0.6 is 0 Å². The molecule has 0 bridgehead atoms. The standard InChI is InChI=1S/C10H13N3O5/c1-17-9-6(11)5-3-4-12(15)13(16)7(5)8(14)10(9)18-2/h3-4,14-16H,11H2,1-2H3. The Labute approximate surface area is 103 Å². The first-order valence-electron chi connectivity index (χ1n) is 4.94. The average Bonchev–Trinajstić information content (AvgIpc) is 2.36. The second-order valence-electron chi connectivity index (χ2n) is 3.52. The maximum atomic E-state index is 10.0. The topological polar surface area (TPSA) is 112 Å². The number of nitrogen functional groups attached to an aromatic ring is 1. The fourth-order valence-corrected chi connectivity index (χ4v) is 1.78. The van der Waals surface area contributed by atoms with Gasteiger partial charge in [0, 0.05) is 5.56 Å². The first-order valence-corrected chi connectivity index (χ1v) is 4.94. The first kappa shape index (κ1) is 12.1. The second-order valence-corrected chi connectivity index (χ2v) is 3.52. The summed E-state index contributed by atoms with van der Waals surface area (Å²) in [6, 6.07) is 0. The van der Waals surface area contributed by atoms with Crippen LogP contribution in [0.5, 0.6) is 17.2 Å². The molecule has 0 aromatic heterocycles. The number of phenols is 1. The summed E-state index contributed by atoms with van der Waals surface area (Å²) in [5.74, 6) is -0.279. The van der Waals surface area contributed by atoms with Crippen LogP contribution in [0.25, 0.3) is 6.08 Å². The number of nitrogens with two attached hydrogens (primary N) is 1. The zero-order chi connectivity index (χ0) is 13.4. The Kier molecular flexibility index (Phi) is 2.81. The number of fused-ring (bicyclic) bond motifs is 1. The highest BCUT2D eigenvalue weighted by atomic mass is 16.7. The zero-order valence-electron chi connectivity index (χ0n) is 9.78. The number of hydroxylamine groups is 1. The van der Waals surface area contributed by atoms with E-state index in [0.29, 0.717) is 15.9 Å². The quantitative estimate of drug-likeness (QED) is 0.453. The van der Waals surface area contributed by atoms with Gasteiger partial charge in [0.05, 0.1) is 26.1 Å². The largest absolute Gasteiger partial charge is 0.503 e. The van der Waals surface area contributed by atoms with Crippen molar-refractivity contribution in [2.75, 3.05) is 25.1 Å². The number of anilines is 2. The number of ether oxygens (including phenoxy) is 2. The zero-order valence-corrected chi connectivity index (χ0v) is 9.78. The van der Waals surface area contributed by atoms with Gasteiger partial charge in [0.1, 0.15) is 5.69 Å². The van der Waals surface area contributed by atoms with Crippen molar-refractivity contribution in [2.45, 2.75) is 0 Å². The lowest BCUT2D eigenvalue weighted by atomic mass is 10.1. The average molecular weight is 255 g/mol. The SMILES string of the molecule is COc1c(N)c2c(c(O)c1OC)N(O)N(O)C=C2. The van der Waals surface area contributed by atoms with Crippen molar-refractivity contribution >= 4 is 17.5 Å². The molecule has 1 aromatic rings. The number of rotatable bonds is 2. The van der Waals surface area contributed by atoms with Gasteiger partial charge in [-0.3, -0.25) is 10.4 Å². The van der Waals surface area contributed by atoms with Gasteiger partial charge in [-0.15, -0.1) is 10.3 Å². The maximum Gasteiger partial charge on any atom is 0.207 e. The smallest absolute Gasteiger partial charge is 0.207 e. The number of nitrogens with zero attached hydrogens (tertiary/aromatic N) is 2. The first-order chi connectivity index (χ1) is 8.52. The van der Waals surface area contributed by atoms with Crippen molar-refractivity contribution in [1.29, 1.82) is 0 Å². The Hall–Kier alpha value is -2.32. The van der Waals surface area contributed by atoms with Crippen molar-refractivity contribution < 1.29 is 25.0 Å². The van der Waals surface area contributed by atoms with E-state index in [1.165, 1.54) is 20.3 Å². The van der Waals surface area contributed by atoms with Gasteiger partial charge in [0.2, 0.25) is 5.75 Å². The van der Waals surface area contributed by atoms with Crippen LogP contribution in [0.4, 0.5) is 11.4 Å². The molecule has 1 aliphatic rings. The fourth-order valence-electron chi connectivity index (χ4n) is 1.78. The Bertz CT molecular complexity index is 517. The minimum atomic E-state index is -0.399. The minimum Gasteiger partial charge on any atom is -0.503 e. The second kappa shape index (κ2) is 4.17. The summed E-state index contributed by atoms with van der Waals surface area (Å²) in [4.78, 5) is 0. The lowest BCUT2D eigenvalue weighted by molar-refractivity contribution is -0.123. The molecule has 5 N–H and O–H groups in total. The van der Waals surface area contributed by atoms with Gasteiger partial charge in [-0.1, -0.05) is 0 Å². The summed E-state index contributed by atoms with van der Waals surface area (Å²) in [6.45, 7) is 0. The molecule has 18 heavy (non-hydrogen) atoms. The van der Waals surface area contributed by atoms with E-state index in [1.54, 1.807) is 0 Å². The van der Waals surface area contributed by atoms with Crippen LogP contribution in [-0.4, -0.2) is 34.9 Å². The van der Waals surface area contributed by atoms with E-state index in [4.69, 9.17) is 15.2 Å². The predicted octanol–water partition coefficient (Wildman–Crippen LogP) is 0.778. The molecule has 1 aromatic carbocycles. The molecular formula is C10H13N3O5. The molecule has 0 saturated carbocycles. The van der Waals surface area contributed by atoms with Crippen LogP contribution in [0.3, 0.4) is 0 Å². The van der Waals surface area contributed by atoms with Crippen LogP contribution in [0.15, 0.2) is 6.20 Å². The van der Waals surface area contributed by atoms with E-state index in [2.05, 4.69) is 0 Å². The number of hydrogen-bond donors (Lipinski definition) is 4. The van der Waals surface area contributed by atoms with E-state index in [-0.39, 0.29) is 22.9 Å². The molecule has 0 fully saturated rings. The Morgan fingerprint density at radius 1 is 1.17 bits per heavy atom. The summed E-state index contributed by atoms with van der Waals surface area (Å²) < 4.78 is 10.0.